The lowest BCUT2D eigenvalue weighted by Gasteiger charge is -2.32. The monoisotopic (exact) mass is 569 g/mol. The highest BCUT2D eigenvalue weighted by atomic mass is 35.5. The minimum atomic E-state index is -4.84. The van der Waals surface area contributed by atoms with Gasteiger partial charge in [0.05, 0.1) is 24.9 Å². The number of hydrogen-bond donors (Lipinski definition) is 2. The minimum absolute atomic E-state index is 0.00925. The maximum Gasteiger partial charge on any atom is 0.401 e. The molecule has 39 heavy (non-hydrogen) atoms. The number of carbonyl (C=O) groups excluding carboxylic acids is 2. The number of halogens is 5. The van der Waals surface area contributed by atoms with Gasteiger partial charge in [-0.25, -0.2) is 9.37 Å². The van der Waals surface area contributed by atoms with Gasteiger partial charge in [-0.3, -0.25) is 9.59 Å². The smallest absolute Gasteiger partial charge is 0.401 e. The van der Waals surface area contributed by atoms with E-state index in [0.29, 0.717) is 0 Å². The number of hydrogen-bond acceptors (Lipinski definition) is 6. The van der Waals surface area contributed by atoms with Crippen LogP contribution in [0.5, 0.6) is 17.2 Å². The van der Waals surface area contributed by atoms with Gasteiger partial charge >= 0.3 is 6.18 Å². The summed E-state index contributed by atoms with van der Waals surface area (Å²) >= 11 is 5.86. The van der Waals surface area contributed by atoms with E-state index in [1.807, 2.05) is 0 Å². The van der Waals surface area contributed by atoms with E-state index >= 15 is 0 Å². The van der Waals surface area contributed by atoms with E-state index in [4.69, 9.17) is 31.5 Å². The number of aromatic nitrogens is 1. The average molecular weight is 570 g/mol. The fourth-order valence-electron chi connectivity index (χ4n) is 3.54. The number of nitrogens with zero attached hydrogens (tertiary/aromatic N) is 1. The Morgan fingerprint density at radius 2 is 1.67 bits per heavy atom. The Morgan fingerprint density at radius 1 is 1.00 bits per heavy atom. The number of primary amides is 1. The number of rotatable bonds is 10. The van der Waals surface area contributed by atoms with Crippen molar-refractivity contribution in [3.05, 3.63) is 70.6 Å². The lowest BCUT2D eigenvalue weighted by atomic mass is 9.84. The number of nitrogens with two attached hydrogens (primary N) is 1. The second kappa shape index (κ2) is 11.8. The quantitative estimate of drug-likeness (QED) is 0.343. The van der Waals surface area contributed by atoms with Crippen molar-refractivity contribution in [3.63, 3.8) is 0 Å². The third-order valence-electron chi connectivity index (χ3n) is 5.86. The number of ether oxygens (including phenoxy) is 3. The van der Waals surface area contributed by atoms with Crippen molar-refractivity contribution in [2.24, 2.45) is 5.73 Å². The van der Waals surface area contributed by atoms with Crippen LogP contribution in [-0.4, -0.2) is 50.3 Å². The van der Waals surface area contributed by atoms with Gasteiger partial charge in [-0.2, -0.15) is 13.2 Å². The maximum atomic E-state index is 14.4. The molecule has 208 valence electrons. The molecule has 1 heterocycles. The zero-order valence-electron chi connectivity index (χ0n) is 21.0. The number of amides is 2. The third-order valence-corrected chi connectivity index (χ3v) is 6.15. The first-order chi connectivity index (χ1) is 18.3. The zero-order chi connectivity index (χ0) is 29.0. The number of benzene rings is 2. The van der Waals surface area contributed by atoms with Crippen molar-refractivity contribution in [3.8, 4) is 28.5 Å². The Kier molecular flexibility index (Phi) is 8.90. The van der Waals surface area contributed by atoms with Crippen LogP contribution in [-0.2, 0) is 10.2 Å². The molecule has 0 fully saturated rings. The molecule has 0 aliphatic heterocycles. The molecule has 2 amide bonds. The summed E-state index contributed by atoms with van der Waals surface area (Å²) in [7, 11) is 2.60. The van der Waals surface area contributed by atoms with Gasteiger partial charge in [-0.05, 0) is 55.5 Å². The molecule has 3 rings (SSSR count). The fourth-order valence-corrected chi connectivity index (χ4v) is 3.72. The highest BCUT2D eigenvalue weighted by Gasteiger charge is 2.53. The summed E-state index contributed by atoms with van der Waals surface area (Å²) in [6.07, 6.45) is -4.84. The summed E-state index contributed by atoms with van der Waals surface area (Å²) < 4.78 is 72.5. The van der Waals surface area contributed by atoms with Gasteiger partial charge in [0.25, 0.3) is 11.8 Å². The Hall–Kier alpha value is -4.06. The number of carbonyl (C=O) groups is 2. The van der Waals surface area contributed by atoms with Crippen molar-refractivity contribution in [1.29, 1.82) is 0 Å². The molecule has 13 heteroatoms. The number of methoxy groups -OCH3 is 2. The van der Waals surface area contributed by atoms with Gasteiger partial charge in [0, 0.05) is 17.7 Å². The van der Waals surface area contributed by atoms with Crippen LogP contribution in [0.3, 0.4) is 0 Å². The first kappa shape index (κ1) is 29.5. The first-order valence-electron chi connectivity index (χ1n) is 11.3. The van der Waals surface area contributed by atoms with E-state index < -0.39 is 48.1 Å². The van der Waals surface area contributed by atoms with Gasteiger partial charge in [-0.15, -0.1) is 0 Å². The van der Waals surface area contributed by atoms with E-state index in [0.717, 1.165) is 19.1 Å². The molecule has 2 aromatic carbocycles. The van der Waals surface area contributed by atoms with Crippen LogP contribution >= 0.6 is 11.6 Å². The SMILES string of the molecule is COc1cc(C(=O)NCC(C)(c2ccc(OC)c(-c3ccc(F)c(Cl)c3)n2)C(F)(F)F)ccc1OCC(N)=O. The molecular formula is C26H24ClF4N3O5. The molecule has 1 aromatic heterocycles. The highest BCUT2D eigenvalue weighted by molar-refractivity contribution is 6.31. The standard InChI is InChI=1S/C26H24ClF4N3O5/c1-25(26(29,30)31,13-33-24(36)15-5-7-18(20(11-15)38-3)39-12-22(32)35)21-9-8-19(37-2)23(34-21)14-4-6-17(28)16(27)10-14/h4-11H,12-13H2,1-3H3,(H2,32,35)(H,33,36). The Bertz CT molecular complexity index is 1390. The van der Waals surface area contributed by atoms with Crippen molar-refractivity contribution in [2.45, 2.75) is 18.5 Å². The summed E-state index contributed by atoms with van der Waals surface area (Å²) in [4.78, 5) is 28.0. The molecule has 0 aliphatic carbocycles. The second-order valence-corrected chi connectivity index (χ2v) is 8.92. The van der Waals surface area contributed by atoms with E-state index in [-0.39, 0.29) is 39.1 Å². The highest BCUT2D eigenvalue weighted by Crippen LogP contribution is 2.42. The number of alkyl halides is 3. The average Bonchev–Trinajstić information content (AvgIpc) is 2.90. The number of pyridine rings is 1. The molecule has 0 saturated heterocycles. The van der Waals surface area contributed by atoms with Gasteiger partial charge in [0.1, 0.15) is 22.7 Å². The van der Waals surface area contributed by atoms with E-state index in [2.05, 4.69) is 10.3 Å². The summed E-state index contributed by atoms with van der Waals surface area (Å²) in [6.45, 7) is -0.418. The summed E-state index contributed by atoms with van der Waals surface area (Å²) in [5.41, 5.74) is 2.22. The lowest BCUT2D eigenvalue weighted by Crippen LogP contribution is -2.49. The van der Waals surface area contributed by atoms with Crippen molar-refractivity contribution in [2.75, 3.05) is 27.4 Å². The molecule has 3 aromatic rings. The summed E-state index contributed by atoms with van der Waals surface area (Å²) in [5.74, 6) is -1.94. The van der Waals surface area contributed by atoms with Gasteiger partial charge in [-0.1, -0.05) is 11.6 Å². The normalized spacial score (nSPS) is 12.8. The first-order valence-corrected chi connectivity index (χ1v) is 11.6. The van der Waals surface area contributed by atoms with Crippen molar-refractivity contribution in [1.82, 2.24) is 10.3 Å². The van der Waals surface area contributed by atoms with E-state index in [9.17, 15) is 27.2 Å². The van der Waals surface area contributed by atoms with Crippen LogP contribution in [0.1, 0.15) is 23.0 Å². The molecule has 0 bridgehead atoms. The third kappa shape index (κ3) is 6.51. The molecule has 3 N–H and O–H groups in total. The van der Waals surface area contributed by atoms with Crippen LogP contribution in [0.25, 0.3) is 11.3 Å². The molecule has 1 atom stereocenters. The number of nitrogens with one attached hydrogen (secondary N) is 1. The molecule has 0 radical (unpaired) electrons. The van der Waals surface area contributed by atoms with Crippen molar-refractivity contribution >= 4 is 23.4 Å². The van der Waals surface area contributed by atoms with E-state index in [1.165, 1.54) is 50.6 Å². The summed E-state index contributed by atoms with van der Waals surface area (Å²) in [5, 5.41) is 2.06. The molecule has 0 aliphatic rings. The van der Waals surface area contributed by atoms with Gasteiger partial charge in [0.2, 0.25) is 0 Å². The Morgan fingerprint density at radius 3 is 2.26 bits per heavy atom. The van der Waals surface area contributed by atoms with Crippen LogP contribution in [0.15, 0.2) is 48.5 Å². The maximum absolute atomic E-state index is 14.4. The molecule has 8 nitrogen and oxygen atoms in total. The molecule has 0 spiro atoms. The van der Waals surface area contributed by atoms with Crippen LogP contribution in [0.4, 0.5) is 17.6 Å². The van der Waals surface area contributed by atoms with Crippen LogP contribution in [0, 0.1) is 5.82 Å². The Labute approximate surface area is 226 Å². The summed E-state index contributed by atoms with van der Waals surface area (Å²) in [6, 6.07) is 9.91. The lowest BCUT2D eigenvalue weighted by molar-refractivity contribution is -0.184. The zero-order valence-corrected chi connectivity index (χ0v) is 21.7. The largest absolute Gasteiger partial charge is 0.494 e. The van der Waals surface area contributed by atoms with Crippen molar-refractivity contribution < 1.29 is 41.4 Å². The molecule has 0 saturated carbocycles. The fraction of sp³-hybridized carbons (Fsp3) is 0.269. The minimum Gasteiger partial charge on any atom is -0.494 e. The predicted molar refractivity (Wildman–Crippen MR) is 135 cm³/mol. The van der Waals surface area contributed by atoms with Crippen LogP contribution in [0.2, 0.25) is 5.02 Å². The van der Waals surface area contributed by atoms with Crippen LogP contribution < -0.4 is 25.3 Å². The van der Waals surface area contributed by atoms with Gasteiger partial charge < -0.3 is 25.3 Å². The predicted octanol–water partition coefficient (Wildman–Crippen LogP) is 4.67. The molecular weight excluding hydrogens is 546 g/mol. The second-order valence-electron chi connectivity index (χ2n) is 8.51. The Balaban J connectivity index is 1.93. The topological polar surface area (TPSA) is 113 Å². The van der Waals surface area contributed by atoms with E-state index in [1.54, 1.807) is 0 Å². The molecule has 1 unspecified atom stereocenters. The van der Waals surface area contributed by atoms with Gasteiger partial charge in [0.15, 0.2) is 18.1 Å².